The molecule has 4 heteroatoms. The molecule has 1 aliphatic rings. The average molecular weight is 177 g/mol. The maximum atomic E-state index is 7.40. The van der Waals surface area contributed by atoms with Gasteiger partial charge >= 0.3 is 0 Å². The van der Waals surface area contributed by atoms with Crippen LogP contribution in [0.5, 0.6) is 0 Å². The zero-order valence-corrected chi connectivity index (χ0v) is 7.61. The fourth-order valence-corrected chi connectivity index (χ4v) is 1.44. The van der Waals surface area contributed by atoms with Crippen LogP contribution in [0.2, 0.25) is 0 Å². The average Bonchev–Trinajstić information content (AvgIpc) is 2.56. The quantitative estimate of drug-likeness (QED) is 0.706. The third kappa shape index (κ3) is 1.24. The smallest absolute Gasteiger partial charge is 0.208 e. The maximum Gasteiger partial charge on any atom is 0.208 e. The molecule has 0 fully saturated rings. The number of ether oxygens (including phenoxy) is 1. The predicted octanol–water partition coefficient (Wildman–Crippen LogP) is 1.51. The third-order valence-electron chi connectivity index (χ3n) is 2.03. The molecular weight excluding hydrogens is 166 g/mol. The van der Waals surface area contributed by atoms with Crippen LogP contribution in [0.15, 0.2) is 24.8 Å². The summed E-state index contributed by atoms with van der Waals surface area (Å²) in [6.45, 7) is 3.86. The van der Waals surface area contributed by atoms with Gasteiger partial charge in [0.1, 0.15) is 5.60 Å². The molecule has 4 nitrogen and oxygen atoms in total. The minimum Gasteiger partial charge on any atom is -0.466 e. The number of nitrogens with one attached hydrogen (secondary N) is 1. The first-order valence-corrected chi connectivity index (χ1v) is 4.08. The lowest BCUT2D eigenvalue weighted by molar-refractivity contribution is 0.164. The molecule has 1 aromatic heterocycles. The highest BCUT2D eigenvalue weighted by Crippen LogP contribution is 2.30. The lowest BCUT2D eigenvalue weighted by atomic mass is 10.1. The first kappa shape index (κ1) is 8.04. The van der Waals surface area contributed by atoms with Crippen molar-refractivity contribution >= 4 is 11.6 Å². The van der Waals surface area contributed by atoms with Gasteiger partial charge in [0.05, 0.1) is 12.0 Å². The summed E-state index contributed by atoms with van der Waals surface area (Å²) in [5.74, 6) is 0.203. The lowest BCUT2D eigenvalue weighted by Crippen LogP contribution is -2.24. The highest BCUT2D eigenvalue weighted by molar-refractivity contribution is 5.96. The van der Waals surface area contributed by atoms with Gasteiger partial charge in [0.15, 0.2) is 0 Å². The Bertz CT molecular complexity index is 362. The number of hydrogen-bond acceptors (Lipinski definition) is 3. The largest absolute Gasteiger partial charge is 0.466 e. The Morgan fingerprint density at radius 1 is 1.54 bits per heavy atom. The summed E-state index contributed by atoms with van der Waals surface area (Å²) >= 11 is 0. The van der Waals surface area contributed by atoms with Gasteiger partial charge in [-0.3, -0.25) is 5.41 Å². The maximum absolute atomic E-state index is 7.40. The topological polar surface area (TPSA) is 50.9 Å². The van der Waals surface area contributed by atoms with E-state index in [1.165, 1.54) is 0 Å². The first-order chi connectivity index (χ1) is 6.09. The van der Waals surface area contributed by atoms with Crippen molar-refractivity contribution in [1.29, 1.82) is 5.41 Å². The Labute approximate surface area is 76.4 Å². The molecule has 0 aliphatic carbocycles. The molecule has 1 aliphatic heterocycles. The molecule has 0 spiro atoms. The monoisotopic (exact) mass is 177 g/mol. The molecule has 2 rings (SSSR count). The SMILES string of the molecule is CC1(C)OC(=N)C=C1n1ccnc1. The molecule has 0 bridgehead atoms. The third-order valence-corrected chi connectivity index (χ3v) is 2.03. The summed E-state index contributed by atoms with van der Waals surface area (Å²) in [6.07, 6.45) is 6.96. The summed E-state index contributed by atoms with van der Waals surface area (Å²) in [5, 5.41) is 7.40. The van der Waals surface area contributed by atoms with Crippen molar-refractivity contribution in [3.05, 3.63) is 24.8 Å². The molecular formula is C9H11N3O. The highest BCUT2D eigenvalue weighted by Gasteiger charge is 2.33. The summed E-state index contributed by atoms with van der Waals surface area (Å²) in [7, 11) is 0. The Kier molecular flexibility index (Phi) is 1.52. The Balaban J connectivity index is 2.44. The van der Waals surface area contributed by atoms with Crippen molar-refractivity contribution in [3.63, 3.8) is 0 Å². The summed E-state index contributed by atoms with van der Waals surface area (Å²) in [5.41, 5.74) is 0.507. The van der Waals surface area contributed by atoms with Gasteiger partial charge in [-0.05, 0) is 13.8 Å². The molecule has 2 heterocycles. The van der Waals surface area contributed by atoms with Crippen molar-refractivity contribution in [2.24, 2.45) is 0 Å². The number of hydrogen-bond donors (Lipinski definition) is 1. The molecule has 1 N–H and O–H groups in total. The molecule has 0 unspecified atom stereocenters. The van der Waals surface area contributed by atoms with E-state index in [9.17, 15) is 0 Å². The summed E-state index contributed by atoms with van der Waals surface area (Å²) in [6, 6.07) is 0. The number of aromatic nitrogens is 2. The Morgan fingerprint density at radius 3 is 2.77 bits per heavy atom. The summed E-state index contributed by atoms with van der Waals surface area (Å²) in [4.78, 5) is 3.95. The van der Waals surface area contributed by atoms with Crippen LogP contribution in [0.4, 0.5) is 0 Å². The fraction of sp³-hybridized carbons (Fsp3) is 0.333. The molecule has 13 heavy (non-hydrogen) atoms. The van der Waals surface area contributed by atoms with Gasteiger partial charge < -0.3 is 9.30 Å². The van der Waals surface area contributed by atoms with Gasteiger partial charge in [0.2, 0.25) is 5.90 Å². The minimum absolute atomic E-state index is 0.203. The van der Waals surface area contributed by atoms with Crippen LogP contribution in [0.1, 0.15) is 13.8 Å². The van der Waals surface area contributed by atoms with Crippen molar-refractivity contribution in [3.8, 4) is 0 Å². The van der Waals surface area contributed by atoms with Crippen LogP contribution in [0.3, 0.4) is 0 Å². The van der Waals surface area contributed by atoms with E-state index < -0.39 is 5.60 Å². The minimum atomic E-state index is -0.433. The zero-order chi connectivity index (χ0) is 9.47. The van der Waals surface area contributed by atoms with Crippen molar-refractivity contribution in [2.75, 3.05) is 0 Å². The van der Waals surface area contributed by atoms with E-state index in [0.717, 1.165) is 5.70 Å². The normalized spacial score (nSPS) is 19.8. The number of nitrogens with zero attached hydrogens (tertiary/aromatic N) is 2. The van der Waals surface area contributed by atoms with E-state index in [1.807, 2.05) is 24.6 Å². The second-order valence-corrected chi connectivity index (χ2v) is 3.48. The van der Waals surface area contributed by atoms with E-state index in [4.69, 9.17) is 10.1 Å². The molecule has 0 saturated heterocycles. The first-order valence-electron chi connectivity index (χ1n) is 4.08. The van der Waals surface area contributed by atoms with Gasteiger partial charge in [0.25, 0.3) is 0 Å². The van der Waals surface area contributed by atoms with Crippen LogP contribution in [-0.2, 0) is 4.74 Å². The van der Waals surface area contributed by atoms with E-state index in [2.05, 4.69) is 4.98 Å². The number of rotatable bonds is 1. The van der Waals surface area contributed by atoms with Gasteiger partial charge in [-0.15, -0.1) is 0 Å². The molecule has 0 amide bonds. The van der Waals surface area contributed by atoms with Crippen LogP contribution >= 0.6 is 0 Å². The van der Waals surface area contributed by atoms with Crippen LogP contribution < -0.4 is 0 Å². The molecule has 0 aromatic carbocycles. The zero-order valence-electron chi connectivity index (χ0n) is 7.61. The van der Waals surface area contributed by atoms with Crippen LogP contribution in [0.25, 0.3) is 5.70 Å². The van der Waals surface area contributed by atoms with Crippen molar-refractivity contribution in [2.45, 2.75) is 19.4 Å². The van der Waals surface area contributed by atoms with Gasteiger partial charge in [-0.25, -0.2) is 4.98 Å². The van der Waals surface area contributed by atoms with E-state index in [-0.39, 0.29) is 5.90 Å². The van der Waals surface area contributed by atoms with Crippen molar-refractivity contribution < 1.29 is 4.74 Å². The Hall–Kier alpha value is -1.58. The second-order valence-electron chi connectivity index (χ2n) is 3.48. The van der Waals surface area contributed by atoms with Crippen LogP contribution in [-0.4, -0.2) is 21.0 Å². The standard InChI is InChI=1S/C9H11N3O/c1-9(2)7(5-8(10)13-9)12-4-3-11-6-12/h3-6,10H,1-2H3. The molecule has 0 saturated carbocycles. The molecule has 0 radical (unpaired) electrons. The van der Waals surface area contributed by atoms with Gasteiger partial charge in [0, 0.05) is 18.5 Å². The lowest BCUT2D eigenvalue weighted by Gasteiger charge is -2.22. The molecule has 68 valence electrons. The fourth-order valence-electron chi connectivity index (χ4n) is 1.44. The van der Waals surface area contributed by atoms with Crippen LogP contribution in [0, 0.1) is 5.41 Å². The van der Waals surface area contributed by atoms with E-state index in [0.29, 0.717) is 0 Å². The number of imidazole rings is 1. The van der Waals surface area contributed by atoms with Gasteiger partial charge in [-0.2, -0.15) is 0 Å². The molecule has 1 aromatic rings. The van der Waals surface area contributed by atoms with E-state index in [1.54, 1.807) is 18.6 Å². The second kappa shape index (κ2) is 2.45. The predicted molar refractivity (Wildman–Crippen MR) is 49.4 cm³/mol. The summed E-state index contributed by atoms with van der Waals surface area (Å²) < 4.78 is 7.19. The van der Waals surface area contributed by atoms with Crippen molar-refractivity contribution in [1.82, 2.24) is 9.55 Å². The Morgan fingerprint density at radius 2 is 2.31 bits per heavy atom. The molecule has 0 atom stereocenters. The van der Waals surface area contributed by atoms with Gasteiger partial charge in [-0.1, -0.05) is 0 Å². The van der Waals surface area contributed by atoms with E-state index >= 15 is 0 Å². The highest BCUT2D eigenvalue weighted by atomic mass is 16.5.